The number of aromatic nitrogens is 1. The van der Waals surface area contributed by atoms with Crippen LogP contribution in [-0.4, -0.2) is 4.37 Å². The molecule has 0 saturated carbocycles. The molecule has 0 unspecified atom stereocenters. The Hall–Kier alpha value is -1.15. The van der Waals surface area contributed by atoms with Crippen molar-refractivity contribution in [1.29, 1.82) is 0 Å². The molecule has 0 N–H and O–H groups in total. The van der Waals surface area contributed by atoms with Crippen LogP contribution in [0.3, 0.4) is 0 Å². The van der Waals surface area contributed by atoms with Gasteiger partial charge >= 0.3 is 0 Å². The fraction of sp³-hybridized carbons (Fsp3) is 0.250. The Morgan fingerprint density at radius 1 is 1.14 bits per heavy atom. The van der Waals surface area contributed by atoms with Gasteiger partial charge in [-0.1, -0.05) is 44.2 Å². The van der Waals surface area contributed by atoms with E-state index in [-0.39, 0.29) is 0 Å². The summed E-state index contributed by atoms with van der Waals surface area (Å²) in [5.41, 5.74) is 3.76. The van der Waals surface area contributed by atoms with Gasteiger partial charge in [0, 0.05) is 10.9 Å². The van der Waals surface area contributed by atoms with Crippen LogP contribution in [0.15, 0.2) is 35.7 Å². The molecule has 0 bridgehead atoms. The summed E-state index contributed by atoms with van der Waals surface area (Å²) in [6.07, 6.45) is 0. The van der Waals surface area contributed by atoms with Crippen molar-refractivity contribution in [1.82, 2.24) is 4.37 Å². The summed E-state index contributed by atoms with van der Waals surface area (Å²) in [5.74, 6) is 0.497. The standard InChI is InChI=1S/C12H13NS/c1-9(2)12-11(8-14-13-12)10-6-4-3-5-7-10/h3-9H,1-2H3. The van der Waals surface area contributed by atoms with Crippen molar-refractivity contribution in [3.05, 3.63) is 41.4 Å². The van der Waals surface area contributed by atoms with E-state index in [9.17, 15) is 0 Å². The van der Waals surface area contributed by atoms with Gasteiger partial charge in [-0.25, -0.2) is 0 Å². The molecule has 0 aliphatic heterocycles. The number of benzene rings is 1. The minimum absolute atomic E-state index is 0.497. The van der Waals surface area contributed by atoms with Crippen LogP contribution >= 0.6 is 11.5 Å². The lowest BCUT2D eigenvalue weighted by molar-refractivity contribution is 0.843. The molecule has 0 fully saturated rings. The molecule has 0 aliphatic rings. The van der Waals surface area contributed by atoms with Gasteiger partial charge in [0.1, 0.15) is 0 Å². The van der Waals surface area contributed by atoms with Gasteiger partial charge < -0.3 is 0 Å². The third-order valence-corrected chi connectivity index (χ3v) is 2.87. The largest absolute Gasteiger partial charge is 0.197 e. The van der Waals surface area contributed by atoms with Crippen LogP contribution in [0.1, 0.15) is 25.5 Å². The molecule has 1 heterocycles. The van der Waals surface area contributed by atoms with Gasteiger partial charge in [0.15, 0.2) is 0 Å². The van der Waals surface area contributed by atoms with Gasteiger partial charge in [-0.2, -0.15) is 4.37 Å². The molecule has 0 saturated heterocycles. The van der Waals surface area contributed by atoms with Crippen molar-refractivity contribution >= 4 is 11.5 Å². The average Bonchev–Trinajstić information content (AvgIpc) is 2.67. The van der Waals surface area contributed by atoms with Crippen LogP contribution in [0.25, 0.3) is 11.1 Å². The summed E-state index contributed by atoms with van der Waals surface area (Å²) in [6.45, 7) is 4.36. The lowest BCUT2D eigenvalue weighted by Gasteiger charge is -2.04. The molecule has 0 spiro atoms. The first kappa shape index (κ1) is 9.41. The van der Waals surface area contributed by atoms with Crippen LogP contribution < -0.4 is 0 Å². The van der Waals surface area contributed by atoms with Gasteiger partial charge in [-0.15, -0.1) is 0 Å². The molecule has 2 rings (SSSR count). The molecule has 2 aromatic rings. The first-order chi connectivity index (χ1) is 6.79. The lowest BCUT2D eigenvalue weighted by atomic mass is 10.0. The minimum Gasteiger partial charge on any atom is -0.197 e. The van der Waals surface area contributed by atoms with Crippen LogP contribution in [0.2, 0.25) is 0 Å². The van der Waals surface area contributed by atoms with Gasteiger partial charge in [0.2, 0.25) is 0 Å². The SMILES string of the molecule is CC(C)c1nscc1-c1ccccc1. The average molecular weight is 203 g/mol. The Balaban J connectivity index is 2.47. The predicted molar refractivity (Wildman–Crippen MR) is 61.6 cm³/mol. The number of hydrogen-bond donors (Lipinski definition) is 0. The van der Waals surface area contributed by atoms with E-state index < -0.39 is 0 Å². The van der Waals surface area contributed by atoms with Gasteiger partial charge in [-0.3, -0.25) is 0 Å². The fourth-order valence-corrected chi connectivity index (χ4v) is 2.33. The third-order valence-electron chi connectivity index (χ3n) is 2.23. The van der Waals surface area contributed by atoms with Gasteiger partial charge in [-0.05, 0) is 23.0 Å². The van der Waals surface area contributed by atoms with Crippen LogP contribution in [0.4, 0.5) is 0 Å². The molecular weight excluding hydrogens is 190 g/mol. The quantitative estimate of drug-likeness (QED) is 0.720. The summed E-state index contributed by atoms with van der Waals surface area (Å²) in [6, 6.07) is 10.4. The maximum absolute atomic E-state index is 4.43. The summed E-state index contributed by atoms with van der Waals surface area (Å²) >= 11 is 1.54. The zero-order chi connectivity index (χ0) is 9.97. The highest BCUT2D eigenvalue weighted by atomic mass is 32.1. The van der Waals surface area contributed by atoms with E-state index in [4.69, 9.17) is 0 Å². The number of nitrogens with zero attached hydrogens (tertiary/aromatic N) is 1. The zero-order valence-corrected chi connectivity index (χ0v) is 9.21. The Labute approximate surface area is 88.6 Å². The molecule has 1 aromatic heterocycles. The molecule has 1 aromatic carbocycles. The van der Waals surface area contributed by atoms with Crippen molar-refractivity contribution < 1.29 is 0 Å². The maximum Gasteiger partial charge on any atom is 0.0645 e. The molecule has 0 amide bonds. The van der Waals surface area contributed by atoms with Crippen LogP contribution in [0.5, 0.6) is 0 Å². The van der Waals surface area contributed by atoms with Gasteiger partial charge in [0.05, 0.1) is 5.69 Å². The molecule has 1 nitrogen and oxygen atoms in total. The molecule has 0 aliphatic carbocycles. The van der Waals surface area contributed by atoms with E-state index in [2.05, 4.69) is 47.9 Å². The monoisotopic (exact) mass is 203 g/mol. The summed E-state index contributed by atoms with van der Waals surface area (Å²) < 4.78 is 4.43. The normalized spacial score (nSPS) is 10.8. The molecule has 14 heavy (non-hydrogen) atoms. The van der Waals surface area contributed by atoms with Crippen molar-refractivity contribution in [3.8, 4) is 11.1 Å². The van der Waals surface area contributed by atoms with Crippen molar-refractivity contribution in [3.63, 3.8) is 0 Å². The fourth-order valence-electron chi connectivity index (χ4n) is 1.50. The van der Waals surface area contributed by atoms with Crippen molar-refractivity contribution in [2.24, 2.45) is 0 Å². The highest BCUT2D eigenvalue weighted by molar-refractivity contribution is 7.04. The van der Waals surface area contributed by atoms with E-state index in [1.54, 1.807) is 0 Å². The van der Waals surface area contributed by atoms with Gasteiger partial charge in [0.25, 0.3) is 0 Å². The molecule has 0 radical (unpaired) electrons. The zero-order valence-electron chi connectivity index (χ0n) is 8.40. The highest BCUT2D eigenvalue weighted by Crippen LogP contribution is 2.29. The molecule has 2 heteroatoms. The third kappa shape index (κ3) is 1.70. The van der Waals surface area contributed by atoms with E-state index >= 15 is 0 Å². The van der Waals surface area contributed by atoms with Crippen LogP contribution in [-0.2, 0) is 0 Å². The van der Waals surface area contributed by atoms with E-state index in [0.29, 0.717) is 5.92 Å². The maximum atomic E-state index is 4.43. The second-order valence-electron chi connectivity index (χ2n) is 3.63. The first-order valence-electron chi connectivity index (χ1n) is 4.78. The van der Waals surface area contributed by atoms with Crippen LogP contribution in [0, 0.1) is 0 Å². The smallest absolute Gasteiger partial charge is 0.0645 e. The van der Waals surface area contributed by atoms with Crippen molar-refractivity contribution in [2.45, 2.75) is 19.8 Å². The Morgan fingerprint density at radius 2 is 1.86 bits per heavy atom. The second-order valence-corrected chi connectivity index (χ2v) is 4.26. The lowest BCUT2D eigenvalue weighted by Crippen LogP contribution is -1.89. The van der Waals surface area contributed by atoms with Crippen molar-refractivity contribution in [2.75, 3.05) is 0 Å². The Morgan fingerprint density at radius 3 is 2.50 bits per heavy atom. The summed E-state index contributed by atoms with van der Waals surface area (Å²) in [4.78, 5) is 0. The molecular formula is C12H13NS. The van der Waals surface area contributed by atoms with E-state index in [1.807, 2.05) is 6.07 Å². The van der Waals surface area contributed by atoms with E-state index in [0.717, 1.165) is 0 Å². The van der Waals surface area contributed by atoms with E-state index in [1.165, 1.54) is 28.4 Å². The number of hydrogen-bond acceptors (Lipinski definition) is 2. The summed E-state index contributed by atoms with van der Waals surface area (Å²) in [5, 5.41) is 2.13. The first-order valence-corrected chi connectivity index (χ1v) is 5.62. The molecule has 0 atom stereocenters. The second kappa shape index (κ2) is 3.93. The topological polar surface area (TPSA) is 12.9 Å². The minimum atomic E-state index is 0.497. The Kier molecular flexibility index (Phi) is 2.64. The Bertz CT molecular complexity index is 403. The predicted octanol–water partition coefficient (Wildman–Crippen LogP) is 3.93. The highest BCUT2D eigenvalue weighted by Gasteiger charge is 2.10. The molecule has 72 valence electrons. The number of rotatable bonds is 2. The summed E-state index contributed by atoms with van der Waals surface area (Å²) in [7, 11) is 0.